The molecule has 0 aromatic carbocycles. The van der Waals surface area contributed by atoms with Crippen LogP contribution in [0, 0.1) is 0 Å². The summed E-state index contributed by atoms with van der Waals surface area (Å²) in [6.07, 6.45) is 9.07. The van der Waals surface area contributed by atoms with Crippen molar-refractivity contribution in [3.05, 3.63) is 17.6 Å². The lowest BCUT2D eigenvalue weighted by Crippen LogP contribution is -2.40. The van der Waals surface area contributed by atoms with Gasteiger partial charge in [0.25, 0.3) is 0 Å². The molecule has 0 bridgehead atoms. The van der Waals surface area contributed by atoms with E-state index in [2.05, 4.69) is 15.3 Å². The number of ether oxygens (including phenoxy) is 1. The summed E-state index contributed by atoms with van der Waals surface area (Å²) >= 11 is 0. The topological polar surface area (TPSA) is 47.0 Å². The summed E-state index contributed by atoms with van der Waals surface area (Å²) in [5.41, 5.74) is 2.59. The molecule has 1 aromatic rings. The molecule has 0 aliphatic heterocycles. The summed E-state index contributed by atoms with van der Waals surface area (Å²) < 4.78 is 5.29. The highest BCUT2D eigenvalue weighted by molar-refractivity contribution is 5.48. The third kappa shape index (κ3) is 2.14. The van der Waals surface area contributed by atoms with Crippen LogP contribution in [0.4, 0.5) is 5.82 Å². The first-order chi connectivity index (χ1) is 8.36. The monoisotopic (exact) mass is 233 g/mol. The Morgan fingerprint density at radius 1 is 1.24 bits per heavy atom. The molecule has 4 heteroatoms. The smallest absolute Gasteiger partial charge is 0.133 e. The fourth-order valence-corrected chi connectivity index (χ4v) is 2.71. The minimum absolute atomic E-state index is 0.435. The van der Waals surface area contributed by atoms with Gasteiger partial charge in [0.15, 0.2) is 0 Å². The second kappa shape index (κ2) is 4.61. The van der Waals surface area contributed by atoms with Gasteiger partial charge in [0.2, 0.25) is 0 Å². The molecule has 2 aliphatic rings. The highest BCUT2D eigenvalue weighted by Crippen LogP contribution is 2.29. The molecule has 2 aliphatic carbocycles. The zero-order valence-electron chi connectivity index (χ0n) is 10.3. The number of rotatable bonds is 3. The lowest BCUT2D eigenvalue weighted by Gasteiger charge is -2.35. The molecule has 4 nitrogen and oxygen atoms in total. The van der Waals surface area contributed by atoms with E-state index in [-0.39, 0.29) is 0 Å². The summed E-state index contributed by atoms with van der Waals surface area (Å²) in [6, 6.07) is 0.529. The van der Waals surface area contributed by atoms with Crippen LogP contribution in [0.25, 0.3) is 0 Å². The van der Waals surface area contributed by atoms with E-state index in [1.807, 2.05) is 0 Å². The van der Waals surface area contributed by atoms with E-state index in [4.69, 9.17) is 4.74 Å². The lowest BCUT2D eigenvalue weighted by atomic mass is 9.88. The Morgan fingerprint density at radius 3 is 2.88 bits per heavy atom. The van der Waals surface area contributed by atoms with Crippen molar-refractivity contribution < 1.29 is 4.74 Å². The predicted octanol–water partition coefficient (Wildman–Crippen LogP) is 1.94. The van der Waals surface area contributed by atoms with Crippen LogP contribution in [0.15, 0.2) is 6.33 Å². The van der Waals surface area contributed by atoms with Crippen LogP contribution in [0.3, 0.4) is 0 Å². The second-order valence-electron chi connectivity index (χ2n) is 5.03. The van der Waals surface area contributed by atoms with Gasteiger partial charge in [-0.3, -0.25) is 0 Å². The van der Waals surface area contributed by atoms with E-state index in [0.29, 0.717) is 12.1 Å². The summed E-state index contributed by atoms with van der Waals surface area (Å²) in [7, 11) is 1.79. The van der Waals surface area contributed by atoms with E-state index in [9.17, 15) is 0 Å². The molecular formula is C13H19N3O. The summed E-state index contributed by atoms with van der Waals surface area (Å²) in [4.78, 5) is 8.79. The highest BCUT2D eigenvalue weighted by atomic mass is 16.5. The second-order valence-corrected chi connectivity index (χ2v) is 5.03. The predicted molar refractivity (Wildman–Crippen MR) is 66.1 cm³/mol. The van der Waals surface area contributed by atoms with Crippen molar-refractivity contribution in [2.75, 3.05) is 12.4 Å². The normalized spacial score (nSPS) is 27.1. The number of anilines is 1. The summed E-state index contributed by atoms with van der Waals surface area (Å²) in [6.45, 7) is 0. The Morgan fingerprint density at radius 2 is 2.06 bits per heavy atom. The van der Waals surface area contributed by atoms with Crippen LogP contribution in [0.5, 0.6) is 0 Å². The molecule has 0 unspecified atom stereocenters. The van der Waals surface area contributed by atoms with Gasteiger partial charge >= 0.3 is 0 Å². The van der Waals surface area contributed by atoms with Crippen molar-refractivity contribution in [2.45, 2.75) is 50.7 Å². The fourth-order valence-electron chi connectivity index (χ4n) is 2.71. The summed E-state index contributed by atoms with van der Waals surface area (Å²) in [5.74, 6) is 1.06. The zero-order chi connectivity index (χ0) is 11.7. The fraction of sp³-hybridized carbons (Fsp3) is 0.692. The average molecular weight is 233 g/mol. The third-order valence-electron chi connectivity index (χ3n) is 3.89. The maximum atomic E-state index is 5.29. The number of hydrogen-bond acceptors (Lipinski definition) is 4. The quantitative estimate of drug-likeness (QED) is 0.866. The van der Waals surface area contributed by atoms with E-state index in [1.54, 1.807) is 13.4 Å². The molecule has 17 heavy (non-hydrogen) atoms. The lowest BCUT2D eigenvalue weighted by molar-refractivity contribution is 0.0327. The first kappa shape index (κ1) is 11.0. The van der Waals surface area contributed by atoms with Crippen molar-refractivity contribution in [3.8, 4) is 0 Å². The largest absolute Gasteiger partial charge is 0.381 e. The molecule has 3 rings (SSSR count). The Balaban J connectivity index is 1.71. The first-order valence-corrected chi connectivity index (χ1v) is 6.49. The van der Waals surface area contributed by atoms with E-state index < -0.39 is 0 Å². The number of nitrogens with zero attached hydrogens (tertiary/aromatic N) is 2. The van der Waals surface area contributed by atoms with E-state index >= 15 is 0 Å². The van der Waals surface area contributed by atoms with Crippen molar-refractivity contribution in [3.63, 3.8) is 0 Å². The molecule has 92 valence electrons. The van der Waals surface area contributed by atoms with Crippen LogP contribution >= 0.6 is 0 Å². The Bertz CT molecular complexity index is 402. The van der Waals surface area contributed by atoms with E-state index in [1.165, 1.54) is 24.1 Å². The Kier molecular flexibility index (Phi) is 2.97. The molecule has 1 aromatic heterocycles. The van der Waals surface area contributed by atoms with Crippen LogP contribution in [0.2, 0.25) is 0 Å². The van der Waals surface area contributed by atoms with E-state index in [0.717, 1.165) is 31.5 Å². The zero-order valence-corrected chi connectivity index (χ0v) is 10.3. The van der Waals surface area contributed by atoms with Gasteiger partial charge < -0.3 is 10.1 Å². The van der Waals surface area contributed by atoms with Gasteiger partial charge in [-0.2, -0.15) is 0 Å². The maximum absolute atomic E-state index is 5.29. The van der Waals surface area contributed by atoms with Crippen molar-refractivity contribution in [1.29, 1.82) is 0 Å². The van der Waals surface area contributed by atoms with Gasteiger partial charge in [-0.15, -0.1) is 0 Å². The van der Waals surface area contributed by atoms with Crippen molar-refractivity contribution in [1.82, 2.24) is 9.97 Å². The standard InChI is InChI=1S/C13H19N3O/c1-17-10-6-9(7-10)16-13-11-4-2-3-5-12(11)14-8-15-13/h8-10H,2-7H2,1H3,(H,14,15,16). The number of aromatic nitrogens is 2. The third-order valence-corrected chi connectivity index (χ3v) is 3.89. The van der Waals surface area contributed by atoms with Crippen molar-refractivity contribution in [2.24, 2.45) is 0 Å². The number of aryl methyl sites for hydroxylation is 1. The molecular weight excluding hydrogens is 214 g/mol. The van der Waals surface area contributed by atoms with Crippen LogP contribution < -0.4 is 5.32 Å². The van der Waals surface area contributed by atoms with Gasteiger partial charge in [-0.1, -0.05) is 0 Å². The summed E-state index contributed by atoms with van der Waals surface area (Å²) in [5, 5.41) is 3.54. The maximum Gasteiger partial charge on any atom is 0.133 e. The minimum atomic E-state index is 0.435. The number of hydrogen-bond donors (Lipinski definition) is 1. The Hall–Kier alpha value is -1.16. The Labute approximate surface area is 102 Å². The molecule has 0 spiro atoms. The number of fused-ring (bicyclic) bond motifs is 1. The first-order valence-electron chi connectivity index (χ1n) is 6.49. The number of methoxy groups -OCH3 is 1. The van der Waals surface area contributed by atoms with Gasteiger partial charge in [-0.05, 0) is 38.5 Å². The molecule has 0 amide bonds. The van der Waals surface area contributed by atoms with Crippen molar-refractivity contribution >= 4 is 5.82 Å². The molecule has 1 fully saturated rings. The van der Waals surface area contributed by atoms with Crippen LogP contribution in [-0.4, -0.2) is 29.2 Å². The van der Waals surface area contributed by atoms with Gasteiger partial charge in [0, 0.05) is 24.4 Å². The average Bonchev–Trinajstić information content (AvgIpc) is 2.33. The molecule has 0 atom stereocenters. The molecule has 1 N–H and O–H groups in total. The van der Waals surface area contributed by atoms with Crippen LogP contribution in [-0.2, 0) is 17.6 Å². The van der Waals surface area contributed by atoms with Gasteiger partial charge in [0.1, 0.15) is 12.1 Å². The van der Waals surface area contributed by atoms with Crippen LogP contribution in [0.1, 0.15) is 36.9 Å². The molecule has 1 heterocycles. The molecule has 0 saturated heterocycles. The number of nitrogens with one attached hydrogen (secondary N) is 1. The highest BCUT2D eigenvalue weighted by Gasteiger charge is 2.30. The minimum Gasteiger partial charge on any atom is -0.381 e. The van der Waals surface area contributed by atoms with Gasteiger partial charge in [0.05, 0.1) is 6.10 Å². The van der Waals surface area contributed by atoms with Gasteiger partial charge in [-0.25, -0.2) is 9.97 Å². The molecule has 1 saturated carbocycles. The molecule has 0 radical (unpaired) electrons. The SMILES string of the molecule is COC1CC(Nc2ncnc3c2CCCC3)C1.